The van der Waals surface area contributed by atoms with E-state index in [0.717, 1.165) is 46.8 Å². The Kier molecular flexibility index (Phi) is 5.27. The Morgan fingerprint density at radius 2 is 1.75 bits per heavy atom. The summed E-state index contributed by atoms with van der Waals surface area (Å²) in [5.41, 5.74) is 2.80. The highest BCUT2D eigenvalue weighted by atomic mass is 32.2. The van der Waals surface area contributed by atoms with Crippen LogP contribution in [0.1, 0.15) is 47.2 Å². The van der Waals surface area contributed by atoms with Crippen molar-refractivity contribution in [1.82, 2.24) is 29.3 Å². The second kappa shape index (κ2) is 8.27. The zero-order valence-electron chi connectivity index (χ0n) is 18.8. The van der Waals surface area contributed by atoms with Crippen LogP contribution >= 0.6 is 0 Å². The van der Waals surface area contributed by atoms with E-state index in [9.17, 15) is 21.6 Å². The van der Waals surface area contributed by atoms with Crippen molar-refractivity contribution in [2.24, 2.45) is 0 Å². The lowest BCUT2D eigenvalue weighted by atomic mass is 9.76. The van der Waals surface area contributed by atoms with Gasteiger partial charge in [0.15, 0.2) is 0 Å². The number of nitrogens with one attached hydrogen (secondary N) is 1. The summed E-state index contributed by atoms with van der Waals surface area (Å²) in [5.74, 6) is 0.104. The minimum absolute atomic E-state index is 0.104. The van der Waals surface area contributed by atoms with Gasteiger partial charge in [-0.05, 0) is 60.7 Å². The quantitative estimate of drug-likeness (QED) is 0.439. The van der Waals surface area contributed by atoms with Crippen LogP contribution in [-0.4, -0.2) is 43.7 Å². The van der Waals surface area contributed by atoms with E-state index >= 15 is 0 Å². The average molecular weight is 515 g/mol. The number of rotatable bonds is 4. The molecule has 0 spiro atoms. The molecule has 12 heteroatoms. The van der Waals surface area contributed by atoms with Gasteiger partial charge in [-0.2, -0.15) is 27.7 Å². The Morgan fingerprint density at radius 3 is 2.42 bits per heavy atom. The van der Waals surface area contributed by atoms with Gasteiger partial charge in [0.1, 0.15) is 12.7 Å². The van der Waals surface area contributed by atoms with Gasteiger partial charge in [-0.1, -0.05) is 12.1 Å². The molecule has 3 atom stereocenters. The Balaban J connectivity index is 1.33. The number of sulfonamides is 1. The maximum absolute atomic E-state index is 13.7. The van der Waals surface area contributed by atoms with Crippen molar-refractivity contribution >= 4 is 10.0 Å². The summed E-state index contributed by atoms with van der Waals surface area (Å²) in [5, 5.41) is 11.3. The first kappa shape index (κ1) is 22.9. The van der Waals surface area contributed by atoms with Crippen LogP contribution < -0.4 is 0 Å². The van der Waals surface area contributed by atoms with E-state index in [1.54, 1.807) is 17.2 Å². The Hall–Kier alpha value is -3.51. The summed E-state index contributed by atoms with van der Waals surface area (Å²) in [6.07, 6.45) is 1.77. The van der Waals surface area contributed by atoms with Gasteiger partial charge in [0.2, 0.25) is 10.0 Å². The summed E-state index contributed by atoms with van der Waals surface area (Å²) >= 11 is 0. The highest BCUT2D eigenvalue weighted by molar-refractivity contribution is 7.89. The van der Waals surface area contributed by atoms with Gasteiger partial charge in [-0.3, -0.25) is 5.10 Å². The summed E-state index contributed by atoms with van der Waals surface area (Å²) in [4.78, 5) is 3.82. The Labute approximate surface area is 204 Å². The molecule has 1 N–H and O–H groups in total. The third-order valence-corrected chi connectivity index (χ3v) is 9.06. The molecule has 4 aromatic rings. The SMILES string of the molecule is O=S(=O)(c1ccc(C(F)(F)F)cc1)N1C2Cc3[nH]ncc3C1CC(c1ccc(-n3cncn3)cc1)C2. The molecule has 6 rings (SSSR count). The number of piperidine rings is 1. The zero-order valence-corrected chi connectivity index (χ0v) is 19.6. The first-order chi connectivity index (χ1) is 17.2. The lowest BCUT2D eigenvalue weighted by molar-refractivity contribution is -0.137. The molecule has 2 bridgehead atoms. The standard InChI is InChI=1S/C24H21F3N6O2S/c25-24(26,27)17-3-7-20(8-4-17)36(34,35)33-19-9-16(10-23(33)21-12-29-31-22(21)11-19)15-1-5-18(6-2-15)32-14-28-13-30-32/h1-8,12-14,16,19,23H,9-11H2,(H,29,31). The van der Waals surface area contributed by atoms with Crippen molar-refractivity contribution in [2.75, 3.05) is 0 Å². The second-order valence-corrected chi connectivity index (χ2v) is 11.0. The van der Waals surface area contributed by atoms with Crippen LogP contribution in [0.3, 0.4) is 0 Å². The van der Waals surface area contributed by atoms with E-state index in [1.165, 1.54) is 10.6 Å². The van der Waals surface area contributed by atoms with Crippen molar-refractivity contribution in [1.29, 1.82) is 0 Å². The number of alkyl halides is 3. The van der Waals surface area contributed by atoms with Crippen molar-refractivity contribution < 1.29 is 21.6 Å². The number of H-pyrrole nitrogens is 1. The van der Waals surface area contributed by atoms with Crippen molar-refractivity contribution in [2.45, 2.75) is 48.3 Å². The maximum Gasteiger partial charge on any atom is 0.416 e. The molecule has 2 aromatic carbocycles. The third kappa shape index (κ3) is 3.80. The number of nitrogens with zero attached hydrogens (tertiary/aromatic N) is 5. The first-order valence-electron chi connectivity index (χ1n) is 11.4. The third-order valence-electron chi connectivity index (χ3n) is 7.09. The molecule has 2 aromatic heterocycles. The molecule has 3 unspecified atom stereocenters. The molecule has 0 radical (unpaired) electrons. The van der Waals surface area contributed by atoms with E-state index in [1.807, 2.05) is 24.3 Å². The number of halogens is 3. The molecule has 0 amide bonds. The minimum atomic E-state index is -4.54. The molecule has 0 saturated carbocycles. The number of aromatic amines is 1. The van der Waals surface area contributed by atoms with Crippen molar-refractivity contribution in [3.8, 4) is 5.69 Å². The molecule has 186 valence electrons. The Bertz CT molecular complexity index is 1480. The van der Waals surface area contributed by atoms with Gasteiger partial charge < -0.3 is 0 Å². The largest absolute Gasteiger partial charge is 0.416 e. The fourth-order valence-corrected chi connectivity index (χ4v) is 7.23. The van der Waals surface area contributed by atoms with Crippen molar-refractivity contribution in [3.05, 3.63) is 89.8 Å². The van der Waals surface area contributed by atoms with E-state index in [-0.39, 0.29) is 16.9 Å². The van der Waals surface area contributed by atoms with Crippen LogP contribution in [0.25, 0.3) is 5.69 Å². The van der Waals surface area contributed by atoms with Gasteiger partial charge in [0.25, 0.3) is 0 Å². The second-order valence-electron chi connectivity index (χ2n) is 9.13. The molecule has 0 aliphatic carbocycles. The van der Waals surface area contributed by atoms with E-state index in [0.29, 0.717) is 19.3 Å². The highest BCUT2D eigenvalue weighted by Crippen LogP contribution is 2.49. The van der Waals surface area contributed by atoms with Crippen LogP contribution in [0.4, 0.5) is 13.2 Å². The van der Waals surface area contributed by atoms with Crippen LogP contribution in [0.2, 0.25) is 0 Å². The monoisotopic (exact) mass is 514 g/mol. The first-order valence-corrected chi connectivity index (χ1v) is 12.8. The zero-order chi connectivity index (χ0) is 25.1. The Morgan fingerprint density at radius 1 is 1.00 bits per heavy atom. The lowest BCUT2D eigenvalue weighted by Crippen LogP contribution is -2.51. The van der Waals surface area contributed by atoms with Crippen LogP contribution in [0, 0.1) is 0 Å². The number of hydrogen-bond acceptors (Lipinski definition) is 5. The van der Waals surface area contributed by atoms with Crippen LogP contribution in [0.5, 0.6) is 0 Å². The van der Waals surface area contributed by atoms with Crippen LogP contribution in [0.15, 0.2) is 72.3 Å². The number of hydrogen-bond donors (Lipinski definition) is 1. The van der Waals surface area contributed by atoms with E-state index in [2.05, 4.69) is 20.3 Å². The minimum Gasteiger partial charge on any atom is -0.282 e. The number of aromatic nitrogens is 5. The molecule has 8 nitrogen and oxygen atoms in total. The fourth-order valence-electron chi connectivity index (χ4n) is 5.42. The van der Waals surface area contributed by atoms with Gasteiger partial charge >= 0.3 is 6.18 Å². The molecule has 2 aliphatic rings. The summed E-state index contributed by atoms with van der Waals surface area (Å²) in [7, 11) is -4.04. The van der Waals surface area contributed by atoms with Gasteiger partial charge in [0, 0.05) is 23.7 Å². The van der Waals surface area contributed by atoms with Gasteiger partial charge in [-0.15, -0.1) is 0 Å². The summed E-state index contributed by atoms with van der Waals surface area (Å²) < 4.78 is 69.6. The lowest BCUT2D eigenvalue weighted by Gasteiger charge is -2.47. The molecule has 1 fully saturated rings. The summed E-state index contributed by atoms with van der Waals surface area (Å²) in [6, 6.07) is 10.8. The predicted molar refractivity (Wildman–Crippen MR) is 123 cm³/mol. The van der Waals surface area contributed by atoms with Crippen molar-refractivity contribution in [3.63, 3.8) is 0 Å². The topological polar surface area (TPSA) is 96.8 Å². The molecule has 2 aliphatic heterocycles. The molecule has 1 saturated heterocycles. The molecule has 4 heterocycles. The highest BCUT2D eigenvalue weighted by Gasteiger charge is 2.48. The van der Waals surface area contributed by atoms with Gasteiger partial charge in [0.05, 0.1) is 28.4 Å². The number of benzene rings is 2. The summed E-state index contributed by atoms with van der Waals surface area (Å²) in [6.45, 7) is 0. The maximum atomic E-state index is 13.7. The number of fused-ring (bicyclic) bond motifs is 4. The molecular formula is C24H21F3N6O2S. The predicted octanol–water partition coefficient (Wildman–Crippen LogP) is 4.24. The molecule has 36 heavy (non-hydrogen) atoms. The van der Waals surface area contributed by atoms with Crippen LogP contribution in [-0.2, 0) is 22.6 Å². The molecular weight excluding hydrogens is 493 g/mol. The van der Waals surface area contributed by atoms with E-state index < -0.39 is 27.8 Å². The smallest absolute Gasteiger partial charge is 0.282 e. The fraction of sp³-hybridized carbons (Fsp3) is 0.292. The van der Waals surface area contributed by atoms with E-state index in [4.69, 9.17) is 0 Å². The van der Waals surface area contributed by atoms with Gasteiger partial charge in [-0.25, -0.2) is 18.1 Å². The normalized spacial score (nSPS) is 22.4. The average Bonchev–Trinajstić information content (AvgIpc) is 3.55.